The Bertz CT molecular complexity index is 584. The van der Waals surface area contributed by atoms with Crippen LogP contribution in [0.3, 0.4) is 0 Å². The maximum absolute atomic E-state index is 12.1. The number of allylic oxidation sites excluding steroid dienone is 2. The van der Waals surface area contributed by atoms with Crippen molar-refractivity contribution in [3.05, 3.63) is 10.1 Å². The highest BCUT2D eigenvalue weighted by molar-refractivity contribution is 7.92. The van der Waals surface area contributed by atoms with Crippen molar-refractivity contribution in [2.75, 3.05) is 5.75 Å². The molecule has 0 N–H and O–H groups in total. The highest BCUT2D eigenvalue weighted by Gasteiger charge is 2.85. The van der Waals surface area contributed by atoms with E-state index in [-0.39, 0.29) is 15.8 Å². The van der Waals surface area contributed by atoms with Crippen molar-refractivity contribution in [1.82, 2.24) is 0 Å². The summed E-state index contributed by atoms with van der Waals surface area (Å²) in [6.45, 7) is 0. The molecule has 3 aliphatic rings. The van der Waals surface area contributed by atoms with Gasteiger partial charge in [0.2, 0.25) is 0 Å². The summed E-state index contributed by atoms with van der Waals surface area (Å²) in [5.74, 6) is -0.532. The lowest BCUT2D eigenvalue weighted by Gasteiger charge is -2.33. The van der Waals surface area contributed by atoms with Gasteiger partial charge < -0.3 is 0 Å². The molecular weight excluding hydrogens is 385 g/mol. The van der Waals surface area contributed by atoms with E-state index in [0.717, 1.165) is 0 Å². The van der Waals surface area contributed by atoms with Gasteiger partial charge in [0, 0.05) is 5.92 Å². The molecule has 1 heterocycles. The van der Waals surface area contributed by atoms with E-state index in [1.54, 1.807) is 0 Å². The van der Waals surface area contributed by atoms with E-state index < -0.39 is 35.1 Å². The molecule has 4 atom stereocenters. The molecule has 2 aliphatic carbocycles. The van der Waals surface area contributed by atoms with Crippen LogP contribution in [0.5, 0.6) is 0 Å². The predicted octanol–water partition coefficient (Wildman–Crippen LogP) is 3.64. The van der Waals surface area contributed by atoms with Crippen LogP contribution >= 0.6 is 69.6 Å². The third kappa shape index (κ3) is 1.17. The lowest BCUT2D eigenvalue weighted by molar-refractivity contribution is 0.475. The Morgan fingerprint density at radius 2 is 1.50 bits per heavy atom. The van der Waals surface area contributed by atoms with Gasteiger partial charge >= 0.3 is 0 Å². The largest absolute Gasteiger partial charge is 0.228 e. The van der Waals surface area contributed by atoms with Crippen LogP contribution < -0.4 is 0 Å². The average Bonchev–Trinajstić information content (AvgIpc) is 2.68. The molecule has 1 saturated carbocycles. The van der Waals surface area contributed by atoms with Crippen LogP contribution in [0, 0.1) is 5.92 Å². The number of halogens is 6. The summed E-state index contributed by atoms with van der Waals surface area (Å²) < 4.78 is 22.5. The molecule has 0 aromatic carbocycles. The van der Waals surface area contributed by atoms with Crippen LogP contribution in [-0.4, -0.2) is 33.5 Å². The van der Waals surface area contributed by atoms with Gasteiger partial charge in [-0.2, -0.15) is 0 Å². The van der Waals surface area contributed by atoms with Crippen LogP contribution in [0.2, 0.25) is 0 Å². The van der Waals surface area contributed by atoms with Gasteiger partial charge in [0.25, 0.3) is 0 Å². The smallest absolute Gasteiger partial charge is 0.167 e. The Hall–Kier alpha value is 1.43. The molecule has 102 valence electrons. The first-order valence-electron chi connectivity index (χ1n) is 5.06. The topological polar surface area (TPSA) is 34.1 Å². The van der Waals surface area contributed by atoms with Crippen LogP contribution in [0.1, 0.15) is 6.42 Å². The van der Waals surface area contributed by atoms with Crippen molar-refractivity contribution in [1.29, 1.82) is 0 Å². The van der Waals surface area contributed by atoms with E-state index in [1.807, 2.05) is 0 Å². The average molecular weight is 391 g/mol. The van der Waals surface area contributed by atoms with Crippen molar-refractivity contribution < 1.29 is 8.42 Å². The minimum atomic E-state index is -3.44. The van der Waals surface area contributed by atoms with Crippen molar-refractivity contribution in [2.24, 2.45) is 5.92 Å². The quantitative estimate of drug-likeness (QED) is 0.592. The second kappa shape index (κ2) is 3.60. The minimum absolute atomic E-state index is 0.0104. The van der Waals surface area contributed by atoms with Gasteiger partial charge in [-0.25, -0.2) is 8.42 Å². The molecule has 18 heavy (non-hydrogen) atoms. The first-order valence-corrected chi connectivity index (χ1v) is 9.04. The van der Waals surface area contributed by atoms with E-state index in [0.29, 0.717) is 6.42 Å². The third-order valence-corrected chi connectivity index (χ3v) is 10.8. The highest BCUT2D eigenvalue weighted by Crippen LogP contribution is 2.77. The third-order valence-electron chi connectivity index (χ3n) is 4.11. The minimum Gasteiger partial charge on any atom is -0.228 e. The van der Waals surface area contributed by atoms with Crippen LogP contribution in [0.25, 0.3) is 0 Å². The molecule has 2 nitrogen and oxygen atoms in total. The Kier molecular flexibility index (Phi) is 2.88. The molecule has 9 heteroatoms. The second-order valence-electron chi connectivity index (χ2n) is 4.81. The second-order valence-corrected chi connectivity index (χ2v) is 10.3. The Morgan fingerprint density at radius 3 is 2.06 bits per heavy atom. The Morgan fingerprint density at radius 1 is 1.00 bits per heavy atom. The summed E-state index contributed by atoms with van der Waals surface area (Å²) in [7, 11) is -3.44. The standard InChI is InChI=1S/C9H6Cl6O2S/c10-4-5(11)8(13)6-3(1-2-18(6,16)17)7(4,12)9(8,14)15/h3,6H,1-2H2. The number of hydrogen-bond donors (Lipinski definition) is 0. The van der Waals surface area contributed by atoms with Crippen molar-refractivity contribution in [2.45, 2.75) is 25.8 Å². The molecule has 4 unspecified atom stereocenters. The molecule has 1 saturated heterocycles. The van der Waals surface area contributed by atoms with Gasteiger partial charge in [-0.3, -0.25) is 0 Å². The maximum Gasteiger partial charge on any atom is 0.167 e. The fourth-order valence-corrected chi connectivity index (χ4v) is 9.40. The normalized spacial score (nSPS) is 51.9. The molecule has 0 radical (unpaired) electrons. The van der Waals surface area contributed by atoms with Gasteiger partial charge in [-0.05, 0) is 6.42 Å². The molecule has 0 aromatic heterocycles. The number of hydrogen-bond acceptors (Lipinski definition) is 2. The Balaban J connectivity index is 2.38. The van der Waals surface area contributed by atoms with Crippen molar-refractivity contribution in [3.63, 3.8) is 0 Å². The number of alkyl halides is 4. The van der Waals surface area contributed by atoms with Crippen LogP contribution in [0.15, 0.2) is 10.1 Å². The lowest BCUT2D eigenvalue weighted by atomic mass is 9.90. The molecule has 0 amide bonds. The summed E-state index contributed by atoms with van der Waals surface area (Å²) >= 11 is 37.6. The molecule has 0 aromatic rings. The van der Waals surface area contributed by atoms with E-state index in [9.17, 15) is 8.42 Å². The monoisotopic (exact) mass is 388 g/mol. The van der Waals surface area contributed by atoms with Crippen LogP contribution in [-0.2, 0) is 9.84 Å². The van der Waals surface area contributed by atoms with E-state index >= 15 is 0 Å². The first-order chi connectivity index (χ1) is 8.03. The number of fused-ring (bicyclic) bond motifs is 5. The van der Waals surface area contributed by atoms with Crippen molar-refractivity contribution in [3.8, 4) is 0 Å². The molecule has 0 spiro atoms. The predicted molar refractivity (Wildman–Crippen MR) is 76.0 cm³/mol. The maximum atomic E-state index is 12.1. The number of rotatable bonds is 0. The van der Waals surface area contributed by atoms with Gasteiger partial charge in [0.1, 0.15) is 9.75 Å². The van der Waals surface area contributed by atoms with Gasteiger partial charge in [-0.15, -0.1) is 23.2 Å². The van der Waals surface area contributed by atoms with Crippen molar-refractivity contribution >= 4 is 79.4 Å². The SMILES string of the molecule is O=S1(=O)CCC2C1C1(Cl)C(Cl)=C(Cl)C2(Cl)C1(Cl)Cl. The van der Waals surface area contributed by atoms with E-state index in [4.69, 9.17) is 69.6 Å². The van der Waals surface area contributed by atoms with Gasteiger partial charge in [0.05, 0.1) is 21.1 Å². The molecule has 3 rings (SSSR count). The summed E-state index contributed by atoms with van der Waals surface area (Å²) in [4.78, 5) is -3.11. The molecule has 2 fully saturated rings. The molecular formula is C9H6Cl6O2S. The molecule has 1 aliphatic heterocycles. The van der Waals surface area contributed by atoms with Crippen LogP contribution in [0.4, 0.5) is 0 Å². The first kappa shape index (κ1) is 14.4. The highest BCUT2D eigenvalue weighted by atomic mass is 35.5. The molecule has 2 bridgehead atoms. The Labute approximate surface area is 134 Å². The van der Waals surface area contributed by atoms with Gasteiger partial charge in [-0.1, -0.05) is 46.4 Å². The van der Waals surface area contributed by atoms with E-state index in [2.05, 4.69) is 0 Å². The zero-order valence-electron chi connectivity index (χ0n) is 8.56. The zero-order chi connectivity index (χ0) is 13.7. The number of sulfone groups is 1. The summed E-state index contributed by atoms with van der Waals surface area (Å²) in [6.07, 6.45) is 0.326. The van der Waals surface area contributed by atoms with Gasteiger partial charge in [0.15, 0.2) is 14.2 Å². The fourth-order valence-electron chi connectivity index (χ4n) is 3.31. The fraction of sp³-hybridized carbons (Fsp3) is 0.778. The lowest BCUT2D eigenvalue weighted by Crippen LogP contribution is -2.48. The zero-order valence-corrected chi connectivity index (χ0v) is 13.9. The summed E-state index contributed by atoms with van der Waals surface area (Å²) in [5.41, 5.74) is 0. The summed E-state index contributed by atoms with van der Waals surface area (Å²) in [6, 6.07) is 0. The van der Waals surface area contributed by atoms with E-state index in [1.165, 1.54) is 0 Å². The summed E-state index contributed by atoms with van der Waals surface area (Å²) in [5, 5.41) is -0.990.